The van der Waals surface area contributed by atoms with Gasteiger partial charge in [0, 0.05) is 12.4 Å². The lowest BCUT2D eigenvalue weighted by atomic mass is 10.2. The Labute approximate surface area is 75.6 Å². The van der Waals surface area contributed by atoms with Crippen molar-refractivity contribution in [3.63, 3.8) is 0 Å². The van der Waals surface area contributed by atoms with Crippen molar-refractivity contribution < 1.29 is 19.9 Å². The van der Waals surface area contributed by atoms with Crippen molar-refractivity contribution in [2.75, 3.05) is 6.16 Å². The lowest BCUT2D eigenvalue weighted by molar-refractivity contribution is -0.260. The molecule has 12 heavy (non-hydrogen) atoms. The SMILES string of the molecule is N=CC(CCCP(O)(O)=S)OO. The molecule has 0 aliphatic heterocycles. The van der Waals surface area contributed by atoms with Gasteiger partial charge in [-0.2, -0.15) is 0 Å². The predicted octanol–water partition coefficient (Wildman–Crippen LogP) is 0.568. The third-order valence-electron chi connectivity index (χ3n) is 1.26. The quantitative estimate of drug-likeness (QED) is 0.224. The highest BCUT2D eigenvalue weighted by atomic mass is 32.5. The largest absolute Gasteiger partial charge is 0.345 e. The fourth-order valence-corrected chi connectivity index (χ4v) is 1.65. The van der Waals surface area contributed by atoms with E-state index in [-0.39, 0.29) is 6.16 Å². The topological polar surface area (TPSA) is 93.8 Å². The predicted molar refractivity (Wildman–Crippen MR) is 49.1 cm³/mol. The minimum Gasteiger partial charge on any atom is -0.345 e. The molecule has 5 nitrogen and oxygen atoms in total. The molecule has 0 aromatic carbocycles. The van der Waals surface area contributed by atoms with Crippen molar-refractivity contribution in [3.8, 4) is 0 Å². The van der Waals surface area contributed by atoms with Crippen molar-refractivity contribution in [3.05, 3.63) is 0 Å². The molecule has 1 atom stereocenters. The van der Waals surface area contributed by atoms with Gasteiger partial charge in [-0.05, 0) is 24.6 Å². The molecule has 0 aromatic heterocycles. The molecule has 0 bridgehead atoms. The molecule has 72 valence electrons. The van der Waals surface area contributed by atoms with Crippen LogP contribution in [0.3, 0.4) is 0 Å². The van der Waals surface area contributed by atoms with Gasteiger partial charge in [-0.3, -0.25) is 5.26 Å². The van der Waals surface area contributed by atoms with Gasteiger partial charge >= 0.3 is 0 Å². The number of rotatable bonds is 6. The van der Waals surface area contributed by atoms with Crippen LogP contribution < -0.4 is 0 Å². The molecule has 0 radical (unpaired) electrons. The highest BCUT2D eigenvalue weighted by Gasteiger charge is 2.10. The Morgan fingerprint density at radius 2 is 2.17 bits per heavy atom. The van der Waals surface area contributed by atoms with Gasteiger partial charge in [0.2, 0.25) is 0 Å². The van der Waals surface area contributed by atoms with Crippen molar-refractivity contribution in [2.45, 2.75) is 18.9 Å². The first kappa shape index (κ1) is 12.2. The average Bonchev–Trinajstić information content (AvgIpc) is 1.96. The van der Waals surface area contributed by atoms with E-state index < -0.39 is 12.6 Å². The molecule has 7 heteroatoms. The fraction of sp³-hybridized carbons (Fsp3) is 0.800. The highest BCUT2D eigenvalue weighted by Crippen LogP contribution is 2.35. The molecule has 1 unspecified atom stereocenters. The first-order valence-corrected chi connectivity index (χ1v) is 6.24. The van der Waals surface area contributed by atoms with Crippen molar-refractivity contribution in [1.82, 2.24) is 0 Å². The van der Waals surface area contributed by atoms with E-state index >= 15 is 0 Å². The number of hydrogen-bond donors (Lipinski definition) is 4. The zero-order chi connectivity index (χ0) is 9.61. The van der Waals surface area contributed by atoms with Gasteiger partial charge in [-0.15, -0.1) is 0 Å². The number of hydrogen-bond acceptors (Lipinski definition) is 4. The minimum absolute atomic E-state index is 0.121. The van der Waals surface area contributed by atoms with Gasteiger partial charge in [0.25, 0.3) is 0 Å². The minimum atomic E-state index is -3.12. The van der Waals surface area contributed by atoms with Gasteiger partial charge in [0.1, 0.15) is 6.10 Å². The first-order chi connectivity index (χ1) is 5.49. The summed E-state index contributed by atoms with van der Waals surface area (Å²) in [5.41, 5.74) is 0. The fourth-order valence-electron chi connectivity index (χ4n) is 0.665. The van der Waals surface area contributed by atoms with E-state index in [0.717, 1.165) is 6.21 Å². The van der Waals surface area contributed by atoms with E-state index in [4.69, 9.17) is 20.5 Å². The normalized spacial score (nSPS) is 14.2. The summed E-state index contributed by atoms with van der Waals surface area (Å²) in [6, 6.07) is 0. The summed E-state index contributed by atoms with van der Waals surface area (Å²) in [5.74, 6) is 0. The molecule has 0 aromatic rings. The molecule has 0 saturated carbocycles. The second kappa shape index (κ2) is 5.75. The lowest BCUT2D eigenvalue weighted by Gasteiger charge is -2.09. The Bertz CT molecular complexity index is 182. The van der Waals surface area contributed by atoms with Crippen LogP contribution in [0.2, 0.25) is 0 Å². The van der Waals surface area contributed by atoms with E-state index in [0.29, 0.717) is 12.8 Å². The van der Waals surface area contributed by atoms with Gasteiger partial charge in [0.05, 0.1) is 0 Å². The molecular formula is C5H12NO4PS. The molecule has 0 saturated heterocycles. The Morgan fingerprint density at radius 1 is 1.58 bits per heavy atom. The van der Waals surface area contributed by atoms with Crippen LogP contribution in [0.25, 0.3) is 0 Å². The van der Waals surface area contributed by atoms with Crippen LogP contribution in [0.4, 0.5) is 0 Å². The standard InChI is InChI=1S/C5H12NO4PS/c6-4-5(10-7)2-1-3-11(8,9)12/h4-7H,1-3H2,(H2,8,9,12). The van der Waals surface area contributed by atoms with Crippen molar-refractivity contribution in [2.24, 2.45) is 0 Å². The van der Waals surface area contributed by atoms with Gasteiger partial charge in [0.15, 0.2) is 6.49 Å². The van der Waals surface area contributed by atoms with Gasteiger partial charge in [-0.25, -0.2) is 4.89 Å². The van der Waals surface area contributed by atoms with Crippen LogP contribution in [-0.4, -0.2) is 33.5 Å². The molecule has 0 aliphatic rings. The summed E-state index contributed by atoms with van der Waals surface area (Å²) in [7, 11) is 0. The van der Waals surface area contributed by atoms with E-state index in [9.17, 15) is 0 Å². The zero-order valence-corrected chi connectivity index (χ0v) is 8.09. The monoisotopic (exact) mass is 213 g/mol. The van der Waals surface area contributed by atoms with Crippen LogP contribution in [0.5, 0.6) is 0 Å². The van der Waals surface area contributed by atoms with Crippen LogP contribution in [0.1, 0.15) is 12.8 Å². The second-order valence-electron chi connectivity index (χ2n) is 2.34. The van der Waals surface area contributed by atoms with Crippen molar-refractivity contribution >= 4 is 24.5 Å². The summed E-state index contributed by atoms with van der Waals surface area (Å²) >= 11 is 4.37. The third kappa shape index (κ3) is 6.84. The summed E-state index contributed by atoms with van der Waals surface area (Å²) in [6.45, 7) is -3.12. The summed E-state index contributed by atoms with van der Waals surface area (Å²) < 4.78 is 0. The molecule has 0 heterocycles. The second-order valence-corrected chi connectivity index (χ2v) is 5.87. The van der Waals surface area contributed by atoms with Crippen LogP contribution in [-0.2, 0) is 16.7 Å². The summed E-state index contributed by atoms with van der Waals surface area (Å²) in [5, 5.41) is 14.9. The maximum absolute atomic E-state index is 8.80. The van der Waals surface area contributed by atoms with Gasteiger partial charge < -0.3 is 15.2 Å². The lowest BCUT2D eigenvalue weighted by Crippen LogP contribution is -2.12. The highest BCUT2D eigenvalue weighted by molar-refractivity contribution is 8.09. The Balaban J connectivity index is 3.55. The molecule has 4 N–H and O–H groups in total. The van der Waals surface area contributed by atoms with E-state index in [1.165, 1.54) is 0 Å². The van der Waals surface area contributed by atoms with Crippen LogP contribution in [0, 0.1) is 5.41 Å². The van der Waals surface area contributed by atoms with Crippen molar-refractivity contribution in [1.29, 1.82) is 5.41 Å². The molecule has 0 rings (SSSR count). The maximum atomic E-state index is 8.80. The maximum Gasteiger partial charge on any atom is 0.183 e. The Kier molecular flexibility index (Phi) is 5.82. The van der Waals surface area contributed by atoms with Crippen LogP contribution in [0.15, 0.2) is 0 Å². The molecule has 0 spiro atoms. The van der Waals surface area contributed by atoms with Gasteiger partial charge in [-0.1, -0.05) is 0 Å². The third-order valence-corrected chi connectivity index (χ3v) is 2.71. The zero-order valence-electron chi connectivity index (χ0n) is 6.38. The number of nitrogens with one attached hydrogen (secondary N) is 1. The molecular weight excluding hydrogens is 201 g/mol. The molecule has 0 fully saturated rings. The first-order valence-electron chi connectivity index (χ1n) is 3.35. The molecule has 0 amide bonds. The molecule has 0 aliphatic carbocycles. The Hall–Kier alpha value is 0.160. The van der Waals surface area contributed by atoms with E-state index in [1.54, 1.807) is 0 Å². The van der Waals surface area contributed by atoms with Crippen LogP contribution >= 0.6 is 6.49 Å². The summed E-state index contributed by atoms with van der Waals surface area (Å²) in [4.78, 5) is 21.5. The van der Waals surface area contributed by atoms with E-state index in [1.807, 2.05) is 0 Å². The Morgan fingerprint density at radius 3 is 2.50 bits per heavy atom. The average molecular weight is 213 g/mol. The summed E-state index contributed by atoms with van der Waals surface area (Å²) in [6.07, 6.45) is 1.17. The smallest absolute Gasteiger partial charge is 0.183 e. The van der Waals surface area contributed by atoms with E-state index in [2.05, 4.69) is 16.7 Å².